The lowest BCUT2D eigenvalue weighted by molar-refractivity contribution is -0.192. The predicted octanol–water partition coefficient (Wildman–Crippen LogP) is 2.26. The number of methoxy groups -OCH3 is 1. The van der Waals surface area contributed by atoms with Crippen LogP contribution in [0.1, 0.15) is 29.9 Å². The number of amides is 1. The lowest BCUT2D eigenvalue weighted by atomic mass is 9.91. The zero-order valence-corrected chi connectivity index (χ0v) is 18.5. The highest BCUT2D eigenvalue weighted by atomic mass is 16.8. The molecule has 5 rings (SSSR count). The summed E-state index contributed by atoms with van der Waals surface area (Å²) in [7, 11) is 1.68. The molecule has 0 bridgehead atoms. The number of nitrogens with zero attached hydrogens (tertiary/aromatic N) is 2. The maximum Gasteiger partial charge on any atom is 0.421 e. The van der Waals surface area contributed by atoms with E-state index in [0.717, 1.165) is 43.1 Å². The van der Waals surface area contributed by atoms with Crippen LogP contribution in [0.3, 0.4) is 0 Å². The lowest BCUT2D eigenvalue weighted by Gasteiger charge is -2.40. The van der Waals surface area contributed by atoms with Crippen LogP contribution in [0, 0.1) is 0 Å². The van der Waals surface area contributed by atoms with Crippen molar-refractivity contribution in [2.75, 3.05) is 38.2 Å². The fourth-order valence-electron chi connectivity index (χ4n) is 4.83. The van der Waals surface area contributed by atoms with Crippen molar-refractivity contribution < 1.29 is 28.6 Å². The molecule has 0 saturated carbocycles. The molecule has 3 fully saturated rings. The number of hydrogen-bond donors (Lipinski definition) is 0. The Kier molecular flexibility index (Phi) is 5.54. The van der Waals surface area contributed by atoms with Gasteiger partial charge in [-0.2, -0.15) is 0 Å². The summed E-state index contributed by atoms with van der Waals surface area (Å²) in [6, 6.07) is 15.9. The summed E-state index contributed by atoms with van der Waals surface area (Å²) in [6.45, 7) is 3.31. The molecule has 1 amide bonds. The molecule has 0 aliphatic carbocycles. The molecule has 2 aromatic rings. The molecule has 0 aromatic heterocycles. The van der Waals surface area contributed by atoms with Gasteiger partial charge < -0.3 is 24.0 Å². The molecule has 0 N–H and O–H groups in total. The Balaban J connectivity index is 1.24. The van der Waals surface area contributed by atoms with E-state index in [2.05, 4.69) is 17.0 Å². The Labute approximate surface area is 192 Å². The van der Waals surface area contributed by atoms with E-state index in [0.29, 0.717) is 18.9 Å². The van der Waals surface area contributed by atoms with E-state index < -0.39 is 23.6 Å². The fraction of sp³-hybridized carbons (Fsp3) is 0.400. The first-order valence-corrected chi connectivity index (χ1v) is 11.2. The second-order valence-electron chi connectivity index (χ2n) is 8.70. The smallest absolute Gasteiger partial charge is 0.421 e. The van der Waals surface area contributed by atoms with Gasteiger partial charge in [-0.15, -0.1) is 0 Å². The van der Waals surface area contributed by atoms with E-state index in [1.165, 1.54) is 5.56 Å². The third-order valence-corrected chi connectivity index (χ3v) is 6.64. The number of carbonyl (C=O) groups is 3. The molecule has 0 unspecified atom stereocenters. The van der Waals surface area contributed by atoms with Crippen molar-refractivity contribution >= 4 is 23.5 Å². The minimum Gasteiger partial charge on any atom is -0.497 e. The number of likely N-dealkylation sites (tertiary alicyclic amines) is 1. The molecule has 0 radical (unpaired) electrons. The molecule has 8 nitrogen and oxygen atoms in total. The van der Waals surface area contributed by atoms with Gasteiger partial charge in [0.1, 0.15) is 5.75 Å². The first-order chi connectivity index (χ1) is 16.0. The average Bonchev–Trinajstić information content (AvgIpc) is 3.09. The van der Waals surface area contributed by atoms with Crippen molar-refractivity contribution in [3.63, 3.8) is 0 Å². The van der Waals surface area contributed by atoms with Crippen molar-refractivity contribution in [1.82, 2.24) is 4.90 Å². The first kappa shape index (κ1) is 21.5. The predicted molar refractivity (Wildman–Crippen MR) is 119 cm³/mol. The van der Waals surface area contributed by atoms with Crippen molar-refractivity contribution in [3.8, 4) is 5.75 Å². The van der Waals surface area contributed by atoms with Crippen molar-refractivity contribution in [2.24, 2.45) is 0 Å². The highest BCUT2D eigenvalue weighted by molar-refractivity contribution is 6.32. The third-order valence-electron chi connectivity index (χ3n) is 6.64. The van der Waals surface area contributed by atoms with Crippen LogP contribution in [0.25, 0.3) is 0 Å². The number of benzene rings is 2. The number of para-hydroxylation sites is 1. The molecule has 8 heteroatoms. The van der Waals surface area contributed by atoms with Gasteiger partial charge >= 0.3 is 23.6 Å². The highest BCUT2D eigenvalue weighted by Crippen LogP contribution is 2.36. The van der Waals surface area contributed by atoms with Gasteiger partial charge in [0.05, 0.1) is 7.11 Å². The molecule has 2 aromatic carbocycles. The topological polar surface area (TPSA) is 85.4 Å². The molecular weight excluding hydrogens is 424 g/mol. The maximum absolute atomic E-state index is 13.2. The van der Waals surface area contributed by atoms with Gasteiger partial charge in [0, 0.05) is 44.2 Å². The van der Waals surface area contributed by atoms with E-state index in [1.54, 1.807) is 12.0 Å². The average molecular weight is 450 g/mol. The molecule has 3 heterocycles. The molecule has 0 atom stereocenters. The number of hydrogen-bond acceptors (Lipinski definition) is 7. The zero-order valence-electron chi connectivity index (χ0n) is 18.5. The molecule has 3 saturated heterocycles. The van der Waals surface area contributed by atoms with Crippen LogP contribution in [-0.4, -0.2) is 61.8 Å². The minimum absolute atomic E-state index is 0.182. The third kappa shape index (κ3) is 3.95. The van der Waals surface area contributed by atoms with E-state index in [9.17, 15) is 14.4 Å². The Morgan fingerprint density at radius 3 is 2.55 bits per heavy atom. The summed E-state index contributed by atoms with van der Waals surface area (Å²) in [5.74, 6) is -3.17. The monoisotopic (exact) mass is 450 g/mol. The van der Waals surface area contributed by atoms with Crippen LogP contribution in [-0.2, 0) is 30.3 Å². The number of ether oxygens (including phenoxy) is 3. The summed E-state index contributed by atoms with van der Waals surface area (Å²) in [5, 5.41) is 0. The van der Waals surface area contributed by atoms with Gasteiger partial charge in [-0.25, -0.2) is 9.59 Å². The van der Waals surface area contributed by atoms with Crippen LogP contribution in [0.15, 0.2) is 48.5 Å². The highest BCUT2D eigenvalue weighted by Gasteiger charge is 2.58. The van der Waals surface area contributed by atoms with Crippen LogP contribution in [0.5, 0.6) is 5.75 Å². The molecule has 3 aliphatic heterocycles. The summed E-state index contributed by atoms with van der Waals surface area (Å²) in [6.07, 6.45) is 1.52. The maximum atomic E-state index is 13.2. The lowest BCUT2D eigenvalue weighted by Crippen LogP contribution is -2.55. The van der Waals surface area contributed by atoms with Gasteiger partial charge in [0.25, 0.3) is 0 Å². The standard InChI is InChI=1S/C25H26N2O6/c1-31-20-8-4-7-18(14-20)19-15-26(16-19)13-10-17-6-2-3-9-21(17)27-12-5-11-25(24(27)30)32-22(28)23(29)33-25/h2-4,6-9,14,19H,5,10-13,15-16H2,1H3. The van der Waals surface area contributed by atoms with Gasteiger partial charge in [0.2, 0.25) is 0 Å². The number of esters is 2. The van der Waals surface area contributed by atoms with Crippen molar-refractivity contribution in [1.29, 1.82) is 0 Å². The van der Waals surface area contributed by atoms with E-state index >= 15 is 0 Å². The Morgan fingerprint density at radius 2 is 1.79 bits per heavy atom. The Morgan fingerprint density at radius 1 is 1.03 bits per heavy atom. The molecule has 1 spiro atoms. The van der Waals surface area contributed by atoms with Crippen LogP contribution >= 0.6 is 0 Å². The van der Waals surface area contributed by atoms with Crippen molar-refractivity contribution in [2.45, 2.75) is 31.0 Å². The first-order valence-electron chi connectivity index (χ1n) is 11.2. The summed E-state index contributed by atoms with van der Waals surface area (Å²) >= 11 is 0. The largest absolute Gasteiger partial charge is 0.497 e. The number of piperidine rings is 1. The van der Waals surface area contributed by atoms with Crippen molar-refractivity contribution in [3.05, 3.63) is 59.7 Å². The zero-order chi connectivity index (χ0) is 23.0. The fourth-order valence-corrected chi connectivity index (χ4v) is 4.83. The van der Waals surface area contributed by atoms with E-state index in [1.807, 2.05) is 36.4 Å². The van der Waals surface area contributed by atoms with E-state index in [-0.39, 0.29) is 6.42 Å². The van der Waals surface area contributed by atoms with Crippen LogP contribution < -0.4 is 9.64 Å². The molecule has 3 aliphatic rings. The quantitative estimate of drug-likeness (QED) is 0.493. The normalized spacial score (nSPS) is 20.5. The molecule has 33 heavy (non-hydrogen) atoms. The van der Waals surface area contributed by atoms with Gasteiger partial charge in [-0.05, 0) is 42.2 Å². The SMILES string of the molecule is COc1cccc(C2CN(CCc3ccccc3N3CCCC4(OC(=O)C(=O)O4)C3=O)C2)c1. The number of rotatable bonds is 6. The van der Waals surface area contributed by atoms with E-state index in [4.69, 9.17) is 14.2 Å². The number of carbonyl (C=O) groups excluding carboxylic acids is 3. The van der Waals surface area contributed by atoms with Crippen LogP contribution in [0.4, 0.5) is 5.69 Å². The van der Waals surface area contributed by atoms with Gasteiger partial charge in [0.15, 0.2) is 0 Å². The Bertz CT molecular complexity index is 1080. The second kappa shape index (κ2) is 8.51. The van der Waals surface area contributed by atoms with Gasteiger partial charge in [-0.3, -0.25) is 4.79 Å². The van der Waals surface area contributed by atoms with Crippen LogP contribution in [0.2, 0.25) is 0 Å². The van der Waals surface area contributed by atoms with Gasteiger partial charge in [-0.1, -0.05) is 30.3 Å². The minimum atomic E-state index is -1.82. The summed E-state index contributed by atoms with van der Waals surface area (Å²) in [5.41, 5.74) is 3.09. The number of anilines is 1. The summed E-state index contributed by atoms with van der Waals surface area (Å²) < 4.78 is 15.5. The summed E-state index contributed by atoms with van der Waals surface area (Å²) in [4.78, 5) is 40.4. The molecule has 172 valence electrons. The second-order valence-corrected chi connectivity index (χ2v) is 8.70. The molecular formula is C25H26N2O6. The Hall–Kier alpha value is -3.39.